The third-order valence-electron chi connectivity index (χ3n) is 2.97. The highest BCUT2D eigenvalue weighted by Crippen LogP contribution is 2.29. The van der Waals surface area contributed by atoms with Crippen molar-refractivity contribution in [3.05, 3.63) is 41.5 Å². The van der Waals surface area contributed by atoms with Gasteiger partial charge in [-0.1, -0.05) is 12.1 Å². The number of fused-ring (bicyclic) bond motifs is 1. The van der Waals surface area contributed by atoms with Crippen molar-refractivity contribution in [2.75, 3.05) is 19.5 Å². The highest BCUT2D eigenvalue weighted by molar-refractivity contribution is 6.10. The molecule has 1 N–H and O–H groups in total. The van der Waals surface area contributed by atoms with E-state index in [4.69, 9.17) is 10.00 Å². The Balaban J connectivity index is 2.69. The summed E-state index contributed by atoms with van der Waals surface area (Å²) in [6.45, 7) is 0. The minimum Gasteiger partial charge on any atom is -0.465 e. The van der Waals surface area contributed by atoms with Gasteiger partial charge in [0.05, 0.1) is 37.1 Å². The van der Waals surface area contributed by atoms with E-state index in [2.05, 4.69) is 10.1 Å². The topological polar surface area (TPSA) is 88.4 Å². The quantitative estimate of drug-likeness (QED) is 0.856. The average molecular weight is 284 g/mol. The first kappa shape index (κ1) is 14.3. The third-order valence-corrected chi connectivity index (χ3v) is 2.97. The number of ether oxygens (including phenoxy) is 2. The largest absolute Gasteiger partial charge is 0.465 e. The lowest BCUT2D eigenvalue weighted by Gasteiger charge is -2.12. The first-order valence-corrected chi connectivity index (χ1v) is 6.01. The van der Waals surface area contributed by atoms with Crippen LogP contribution in [0.3, 0.4) is 0 Å². The third kappa shape index (κ3) is 2.77. The summed E-state index contributed by atoms with van der Waals surface area (Å²) in [5.74, 6) is -0.576. The first-order valence-electron chi connectivity index (χ1n) is 6.01. The minimum atomic E-state index is -0.697. The van der Waals surface area contributed by atoms with Crippen LogP contribution in [-0.4, -0.2) is 26.3 Å². The number of rotatable bonds is 2. The molecular weight excluding hydrogens is 272 g/mol. The maximum Gasteiger partial charge on any atom is 0.411 e. The number of carbonyl (C=O) groups excluding carboxylic acids is 2. The Kier molecular flexibility index (Phi) is 4.05. The molecule has 0 aliphatic carbocycles. The summed E-state index contributed by atoms with van der Waals surface area (Å²) in [6, 6.07) is 10.2. The fraction of sp³-hybridized carbons (Fsp3) is 0.133. The molecule has 0 bridgehead atoms. The van der Waals surface area contributed by atoms with E-state index < -0.39 is 12.1 Å². The van der Waals surface area contributed by atoms with E-state index in [1.165, 1.54) is 20.3 Å². The summed E-state index contributed by atoms with van der Waals surface area (Å²) >= 11 is 0. The molecular formula is C15H12N2O4. The van der Waals surface area contributed by atoms with Crippen LogP contribution in [0.5, 0.6) is 0 Å². The molecule has 106 valence electrons. The molecule has 2 aromatic rings. The summed E-state index contributed by atoms with van der Waals surface area (Å²) < 4.78 is 9.26. The van der Waals surface area contributed by atoms with Crippen LogP contribution in [0.4, 0.5) is 10.5 Å². The number of nitrogens with zero attached hydrogens (tertiary/aromatic N) is 1. The van der Waals surface area contributed by atoms with Crippen molar-refractivity contribution in [2.24, 2.45) is 0 Å². The fourth-order valence-corrected chi connectivity index (χ4v) is 1.97. The van der Waals surface area contributed by atoms with E-state index in [-0.39, 0.29) is 11.3 Å². The van der Waals surface area contributed by atoms with Gasteiger partial charge in [-0.05, 0) is 23.6 Å². The maximum atomic E-state index is 11.8. The molecule has 0 atom stereocenters. The second kappa shape index (κ2) is 5.92. The van der Waals surface area contributed by atoms with Gasteiger partial charge in [-0.25, -0.2) is 9.59 Å². The SMILES string of the molecule is COC(=O)Nc1c(C(=O)OC)ccc2cc(C#N)ccc12. The Morgan fingerprint density at radius 2 is 1.90 bits per heavy atom. The number of esters is 1. The molecule has 0 saturated carbocycles. The van der Waals surface area contributed by atoms with Gasteiger partial charge in [0.15, 0.2) is 0 Å². The van der Waals surface area contributed by atoms with Gasteiger partial charge in [0, 0.05) is 5.39 Å². The number of hydrogen-bond donors (Lipinski definition) is 1. The molecule has 6 nitrogen and oxygen atoms in total. The molecule has 2 rings (SSSR count). The van der Waals surface area contributed by atoms with Crippen LogP contribution in [0, 0.1) is 11.3 Å². The van der Waals surface area contributed by atoms with Gasteiger partial charge in [-0.15, -0.1) is 0 Å². The molecule has 6 heteroatoms. The van der Waals surface area contributed by atoms with Gasteiger partial charge < -0.3 is 9.47 Å². The molecule has 0 heterocycles. The average Bonchev–Trinajstić information content (AvgIpc) is 2.53. The zero-order chi connectivity index (χ0) is 15.4. The minimum absolute atomic E-state index is 0.208. The molecule has 0 aromatic heterocycles. The number of nitriles is 1. The molecule has 21 heavy (non-hydrogen) atoms. The Labute approximate surface area is 120 Å². The van der Waals surface area contributed by atoms with Crippen molar-refractivity contribution < 1.29 is 19.1 Å². The van der Waals surface area contributed by atoms with Gasteiger partial charge in [0.1, 0.15) is 0 Å². The molecule has 0 saturated heterocycles. The second-order valence-electron chi connectivity index (χ2n) is 4.14. The molecule has 0 radical (unpaired) electrons. The van der Waals surface area contributed by atoms with Crippen LogP contribution >= 0.6 is 0 Å². The molecule has 1 amide bonds. The van der Waals surface area contributed by atoms with E-state index in [1.807, 2.05) is 6.07 Å². The van der Waals surface area contributed by atoms with Crippen LogP contribution in [-0.2, 0) is 9.47 Å². The zero-order valence-corrected chi connectivity index (χ0v) is 11.5. The summed E-state index contributed by atoms with van der Waals surface area (Å²) in [5, 5.41) is 12.8. The van der Waals surface area contributed by atoms with Crippen molar-refractivity contribution in [1.82, 2.24) is 0 Å². The van der Waals surface area contributed by atoms with Crippen LogP contribution in [0.25, 0.3) is 10.8 Å². The van der Waals surface area contributed by atoms with Gasteiger partial charge in [-0.3, -0.25) is 5.32 Å². The highest BCUT2D eigenvalue weighted by atomic mass is 16.5. The Bertz CT molecular complexity index is 762. The number of carbonyl (C=O) groups is 2. The lowest BCUT2D eigenvalue weighted by molar-refractivity contribution is 0.0602. The van der Waals surface area contributed by atoms with Crippen molar-refractivity contribution in [3.8, 4) is 6.07 Å². The van der Waals surface area contributed by atoms with Crippen molar-refractivity contribution in [2.45, 2.75) is 0 Å². The molecule has 0 fully saturated rings. The van der Waals surface area contributed by atoms with E-state index in [9.17, 15) is 9.59 Å². The molecule has 0 aliphatic rings. The summed E-state index contributed by atoms with van der Waals surface area (Å²) in [5.41, 5.74) is 0.980. The van der Waals surface area contributed by atoms with Gasteiger partial charge in [0.2, 0.25) is 0 Å². The van der Waals surface area contributed by atoms with Crippen molar-refractivity contribution >= 4 is 28.5 Å². The van der Waals surface area contributed by atoms with Crippen molar-refractivity contribution in [1.29, 1.82) is 5.26 Å². The summed E-state index contributed by atoms with van der Waals surface area (Å²) in [7, 11) is 2.49. The van der Waals surface area contributed by atoms with E-state index in [1.54, 1.807) is 24.3 Å². The molecule has 0 unspecified atom stereocenters. The van der Waals surface area contributed by atoms with Crippen molar-refractivity contribution in [3.63, 3.8) is 0 Å². The smallest absolute Gasteiger partial charge is 0.411 e. The first-order chi connectivity index (χ1) is 10.1. The Morgan fingerprint density at radius 1 is 1.14 bits per heavy atom. The number of benzene rings is 2. The fourth-order valence-electron chi connectivity index (χ4n) is 1.97. The van der Waals surface area contributed by atoms with E-state index >= 15 is 0 Å². The zero-order valence-electron chi connectivity index (χ0n) is 11.5. The van der Waals surface area contributed by atoms with Crippen LogP contribution in [0.1, 0.15) is 15.9 Å². The predicted molar refractivity (Wildman–Crippen MR) is 76.0 cm³/mol. The Hall–Kier alpha value is -3.07. The van der Waals surface area contributed by atoms with Crippen LogP contribution < -0.4 is 5.32 Å². The standard InChI is InChI=1S/C15H12N2O4/c1-20-14(18)12-6-4-10-7-9(8-16)3-5-11(10)13(12)17-15(19)21-2/h3-7H,1-2H3,(H,17,19). The monoisotopic (exact) mass is 284 g/mol. The number of amides is 1. The molecule has 0 aliphatic heterocycles. The molecule has 0 spiro atoms. The highest BCUT2D eigenvalue weighted by Gasteiger charge is 2.17. The summed E-state index contributed by atoms with van der Waals surface area (Å²) in [6.07, 6.45) is -0.697. The van der Waals surface area contributed by atoms with Gasteiger partial charge >= 0.3 is 12.1 Å². The molecule has 2 aromatic carbocycles. The lowest BCUT2D eigenvalue weighted by Crippen LogP contribution is -2.15. The van der Waals surface area contributed by atoms with Crippen LogP contribution in [0.2, 0.25) is 0 Å². The second-order valence-corrected chi connectivity index (χ2v) is 4.14. The maximum absolute atomic E-state index is 11.8. The van der Waals surface area contributed by atoms with Crippen LogP contribution in [0.15, 0.2) is 30.3 Å². The predicted octanol–water partition coefficient (Wildman–Crippen LogP) is 2.68. The van der Waals surface area contributed by atoms with E-state index in [0.29, 0.717) is 16.3 Å². The van der Waals surface area contributed by atoms with Gasteiger partial charge in [0.25, 0.3) is 0 Å². The van der Waals surface area contributed by atoms with Gasteiger partial charge in [-0.2, -0.15) is 5.26 Å². The Morgan fingerprint density at radius 3 is 2.52 bits per heavy atom. The number of anilines is 1. The number of methoxy groups -OCH3 is 2. The normalized spacial score (nSPS) is 9.76. The van der Waals surface area contributed by atoms with E-state index in [0.717, 1.165) is 0 Å². The lowest BCUT2D eigenvalue weighted by atomic mass is 10.0. The number of hydrogen-bond acceptors (Lipinski definition) is 5. The number of nitrogens with one attached hydrogen (secondary N) is 1. The summed E-state index contributed by atoms with van der Waals surface area (Å²) in [4.78, 5) is 23.3.